The van der Waals surface area contributed by atoms with Crippen molar-refractivity contribution in [2.75, 3.05) is 11.9 Å². The highest BCUT2D eigenvalue weighted by Gasteiger charge is 2.73. The Morgan fingerprint density at radius 1 is 0.622 bits per heavy atom. The summed E-state index contributed by atoms with van der Waals surface area (Å²) in [5.41, 5.74) is 1.54. The Hall–Kier alpha value is -4.80. The SMILES string of the molecule is CC#CC#CC#CC.Cc1ccc(Oc2ccc(N3C(=O)C4C5C(=O)N(C)C(=O)C5C4C3=O)cc2)cc1. The van der Waals surface area contributed by atoms with Crippen LogP contribution in [0.25, 0.3) is 0 Å². The zero-order valence-electron chi connectivity index (χ0n) is 20.9. The molecule has 184 valence electrons. The van der Waals surface area contributed by atoms with Gasteiger partial charge in [-0.25, -0.2) is 0 Å². The minimum Gasteiger partial charge on any atom is -0.457 e. The fourth-order valence-electron chi connectivity index (χ4n) is 4.79. The molecule has 0 bridgehead atoms. The fourth-order valence-corrected chi connectivity index (χ4v) is 4.79. The number of carbonyl (C=O) groups excluding carboxylic acids is 4. The first-order valence-electron chi connectivity index (χ1n) is 11.7. The highest BCUT2D eigenvalue weighted by atomic mass is 16.5. The van der Waals surface area contributed by atoms with Crippen LogP contribution < -0.4 is 9.64 Å². The van der Waals surface area contributed by atoms with Gasteiger partial charge in [-0.1, -0.05) is 29.5 Å². The summed E-state index contributed by atoms with van der Waals surface area (Å²) in [4.78, 5) is 52.4. The number of likely N-dealkylation sites (tertiary alicyclic amines) is 1. The molecule has 0 N–H and O–H groups in total. The predicted octanol–water partition coefficient (Wildman–Crippen LogP) is 3.17. The van der Waals surface area contributed by atoms with Gasteiger partial charge in [0.25, 0.3) is 0 Å². The third kappa shape index (κ3) is 4.58. The molecule has 37 heavy (non-hydrogen) atoms. The van der Waals surface area contributed by atoms with E-state index in [1.807, 2.05) is 31.2 Å². The Balaban J connectivity index is 0.000000349. The smallest absolute Gasteiger partial charge is 0.238 e. The van der Waals surface area contributed by atoms with Crippen LogP contribution >= 0.6 is 0 Å². The number of carbonyl (C=O) groups is 4. The van der Waals surface area contributed by atoms with Crippen molar-refractivity contribution in [2.24, 2.45) is 23.7 Å². The van der Waals surface area contributed by atoms with E-state index in [2.05, 4.69) is 35.5 Å². The van der Waals surface area contributed by atoms with Crippen LogP contribution in [0.4, 0.5) is 5.69 Å². The first-order valence-corrected chi connectivity index (χ1v) is 11.7. The van der Waals surface area contributed by atoms with Gasteiger partial charge in [0.2, 0.25) is 23.6 Å². The van der Waals surface area contributed by atoms with Crippen molar-refractivity contribution in [3.05, 3.63) is 54.1 Å². The van der Waals surface area contributed by atoms with Crippen molar-refractivity contribution in [3.8, 4) is 47.0 Å². The van der Waals surface area contributed by atoms with E-state index in [4.69, 9.17) is 4.74 Å². The molecule has 1 saturated carbocycles. The normalized spacial score (nSPS) is 22.6. The van der Waals surface area contributed by atoms with Crippen LogP contribution in [0.1, 0.15) is 19.4 Å². The second-order valence-electron chi connectivity index (χ2n) is 8.76. The molecule has 4 amide bonds. The van der Waals surface area contributed by atoms with E-state index in [9.17, 15) is 19.2 Å². The van der Waals surface area contributed by atoms with Gasteiger partial charge in [0, 0.05) is 7.05 Å². The molecule has 0 spiro atoms. The largest absolute Gasteiger partial charge is 0.457 e. The zero-order valence-corrected chi connectivity index (χ0v) is 20.9. The van der Waals surface area contributed by atoms with Gasteiger partial charge in [0.05, 0.1) is 29.4 Å². The van der Waals surface area contributed by atoms with Crippen LogP contribution in [0.3, 0.4) is 0 Å². The van der Waals surface area contributed by atoms with Gasteiger partial charge in [0.1, 0.15) is 11.5 Å². The second-order valence-corrected chi connectivity index (χ2v) is 8.76. The van der Waals surface area contributed by atoms with E-state index in [1.165, 1.54) is 7.05 Å². The van der Waals surface area contributed by atoms with Crippen molar-refractivity contribution in [1.29, 1.82) is 0 Å². The number of benzene rings is 2. The number of amides is 4. The molecule has 3 fully saturated rings. The summed E-state index contributed by atoms with van der Waals surface area (Å²) in [6.07, 6.45) is 0. The molecular formula is C30H24N2O5. The molecule has 4 atom stereocenters. The van der Waals surface area contributed by atoms with E-state index < -0.39 is 35.5 Å². The average Bonchev–Trinajstić information content (AvgIpc) is 3.19. The number of nitrogens with zero attached hydrogens (tertiary/aromatic N) is 2. The minimum absolute atomic E-state index is 0.369. The number of ether oxygens (including phenoxy) is 1. The summed E-state index contributed by atoms with van der Waals surface area (Å²) in [5, 5.41) is 0. The standard InChI is InChI=1S/C22H18N2O5.C8H6/c1-11-3-7-13(8-4-11)29-14-9-5-12(6-10-14)24-21(27)17-15-16(18(17)22(24)28)20(26)23(2)19(15)25;1-3-5-7-8-6-4-2/h3-10,15-18H,1-2H3;1-2H3. The topological polar surface area (TPSA) is 84.0 Å². The maximum Gasteiger partial charge on any atom is 0.238 e. The number of imide groups is 2. The zero-order chi connectivity index (χ0) is 26.7. The maximum absolute atomic E-state index is 12.9. The lowest BCUT2D eigenvalue weighted by molar-refractivity contribution is -0.146. The van der Waals surface area contributed by atoms with Crippen LogP contribution in [0.15, 0.2) is 48.5 Å². The molecule has 2 aromatic carbocycles. The lowest BCUT2D eigenvalue weighted by Gasteiger charge is -2.36. The molecule has 2 aliphatic heterocycles. The van der Waals surface area contributed by atoms with E-state index in [0.717, 1.165) is 15.4 Å². The summed E-state index contributed by atoms with van der Waals surface area (Å²) in [7, 11) is 1.40. The molecule has 0 radical (unpaired) electrons. The average molecular weight is 493 g/mol. The van der Waals surface area contributed by atoms with E-state index in [0.29, 0.717) is 17.2 Å². The first-order chi connectivity index (χ1) is 17.8. The second kappa shape index (κ2) is 10.4. The van der Waals surface area contributed by atoms with Crippen LogP contribution in [-0.4, -0.2) is 35.6 Å². The molecule has 2 heterocycles. The number of hydrogen-bond acceptors (Lipinski definition) is 5. The quantitative estimate of drug-likeness (QED) is 0.486. The molecule has 7 heteroatoms. The monoisotopic (exact) mass is 492 g/mol. The van der Waals surface area contributed by atoms with Crippen molar-refractivity contribution in [1.82, 2.24) is 4.90 Å². The van der Waals surface area contributed by atoms with Crippen LogP contribution in [0.2, 0.25) is 0 Å². The number of rotatable bonds is 3. The number of aryl methyl sites for hydroxylation is 1. The Morgan fingerprint density at radius 3 is 1.46 bits per heavy atom. The Kier molecular flexibility index (Phi) is 7.14. The molecule has 2 aromatic rings. The van der Waals surface area contributed by atoms with E-state index in [1.54, 1.807) is 38.1 Å². The Bertz CT molecular complexity index is 1390. The number of anilines is 1. The van der Waals surface area contributed by atoms with Gasteiger partial charge in [0.15, 0.2) is 0 Å². The third-order valence-electron chi connectivity index (χ3n) is 6.58. The highest BCUT2D eigenvalue weighted by Crippen LogP contribution is 2.56. The van der Waals surface area contributed by atoms with E-state index >= 15 is 0 Å². The summed E-state index contributed by atoms with van der Waals surface area (Å²) in [6, 6.07) is 14.2. The first kappa shape index (κ1) is 25.3. The Morgan fingerprint density at radius 2 is 1.03 bits per heavy atom. The van der Waals surface area contributed by atoms with Gasteiger partial charge in [-0.2, -0.15) is 0 Å². The molecule has 2 saturated heterocycles. The van der Waals surface area contributed by atoms with Gasteiger partial charge < -0.3 is 4.74 Å². The highest BCUT2D eigenvalue weighted by molar-refractivity contribution is 6.27. The summed E-state index contributed by atoms with van der Waals surface area (Å²) >= 11 is 0. The summed E-state index contributed by atoms with van der Waals surface area (Å²) in [5.74, 6) is 12.3. The lowest BCUT2D eigenvalue weighted by atomic mass is 9.59. The minimum atomic E-state index is -0.739. The maximum atomic E-state index is 12.9. The molecule has 0 aromatic heterocycles. The molecule has 7 nitrogen and oxygen atoms in total. The van der Waals surface area contributed by atoms with Crippen molar-refractivity contribution >= 4 is 29.3 Å². The third-order valence-corrected chi connectivity index (χ3v) is 6.58. The molecular weight excluding hydrogens is 468 g/mol. The molecule has 3 aliphatic rings. The van der Waals surface area contributed by atoms with Gasteiger partial charge in [-0.3, -0.25) is 29.0 Å². The summed E-state index contributed by atoms with van der Waals surface area (Å²) < 4.78 is 5.78. The van der Waals surface area contributed by atoms with Gasteiger partial charge >= 0.3 is 0 Å². The Labute approximate surface area is 215 Å². The molecule has 5 rings (SSSR count). The van der Waals surface area contributed by atoms with Gasteiger partial charge in [-0.15, -0.1) is 0 Å². The number of fused-ring (bicyclic) bond motifs is 4. The summed E-state index contributed by atoms with van der Waals surface area (Å²) in [6.45, 7) is 5.48. The molecule has 1 aliphatic carbocycles. The van der Waals surface area contributed by atoms with Crippen LogP contribution in [-0.2, 0) is 19.2 Å². The van der Waals surface area contributed by atoms with Crippen molar-refractivity contribution in [3.63, 3.8) is 0 Å². The van der Waals surface area contributed by atoms with Crippen LogP contribution in [0.5, 0.6) is 11.5 Å². The van der Waals surface area contributed by atoms with Gasteiger partial charge in [-0.05, 0) is 80.9 Å². The van der Waals surface area contributed by atoms with Crippen molar-refractivity contribution < 1.29 is 23.9 Å². The number of hydrogen-bond donors (Lipinski definition) is 0. The lowest BCUT2D eigenvalue weighted by Crippen LogP contribution is -2.50. The molecule has 4 unspecified atom stereocenters. The van der Waals surface area contributed by atoms with E-state index in [-0.39, 0.29) is 11.8 Å². The predicted molar refractivity (Wildman–Crippen MR) is 137 cm³/mol. The van der Waals surface area contributed by atoms with Crippen molar-refractivity contribution in [2.45, 2.75) is 20.8 Å². The fraction of sp³-hybridized carbons (Fsp3) is 0.267. The van der Waals surface area contributed by atoms with Crippen LogP contribution in [0, 0.1) is 66.1 Å².